The fourth-order valence-electron chi connectivity index (χ4n) is 2.77. The van der Waals surface area contributed by atoms with Gasteiger partial charge >= 0.3 is 0 Å². The number of nitrogens with one attached hydrogen (secondary N) is 1. The van der Waals surface area contributed by atoms with Crippen LogP contribution in [-0.4, -0.2) is 25.8 Å². The van der Waals surface area contributed by atoms with E-state index in [-0.39, 0.29) is 24.4 Å². The third-order valence-corrected chi connectivity index (χ3v) is 4.06. The highest BCUT2D eigenvalue weighted by molar-refractivity contribution is 5.91. The summed E-state index contributed by atoms with van der Waals surface area (Å²) in [6.45, 7) is 0.385. The number of aromatic nitrogens is 4. The summed E-state index contributed by atoms with van der Waals surface area (Å²) >= 11 is 0. The Morgan fingerprint density at radius 2 is 1.85 bits per heavy atom. The van der Waals surface area contributed by atoms with Crippen molar-refractivity contribution in [3.05, 3.63) is 88.4 Å². The van der Waals surface area contributed by atoms with Gasteiger partial charge in [0.2, 0.25) is 5.76 Å². The van der Waals surface area contributed by atoms with Gasteiger partial charge in [0.05, 0.1) is 36.1 Å². The zero-order valence-corrected chi connectivity index (χ0v) is 14.2. The molecule has 0 bridgehead atoms. The van der Waals surface area contributed by atoms with Crippen molar-refractivity contribution in [2.24, 2.45) is 0 Å². The second-order valence-electron chi connectivity index (χ2n) is 5.84. The number of hydrogen-bond donors (Lipinski definition) is 1. The normalized spacial score (nSPS) is 10.8. The Kier molecular flexibility index (Phi) is 4.44. The number of rotatable bonds is 5. The van der Waals surface area contributed by atoms with Gasteiger partial charge in [-0.1, -0.05) is 29.4 Å². The third kappa shape index (κ3) is 3.45. The number of hydrogen-bond acceptors (Lipinski definition) is 6. The maximum Gasteiger partial charge on any atom is 0.290 e. The molecular weight excluding hydrogens is 346 g/mol. The minimum Gasteiger partial charge on any atom is -0.351 e. The molecule has 1 aromatic carbocycles. The molecule has 0 aliphatic rings. The van der Waals surface area contributed by atoms with Crippen LogP contribution in [-0.2, 0) is 13.1 Å². The largest absolute Gasteiger partial charge is 0.351 e. The van der Waals surface area contributed by atoms with Gasteiger partial charge < -0.3 is 9.84 Å². The average molecular weight is 361 g/mol. The summed E-state index contributed by atoms with van der Waals surface area (Å²) in [7, 11) is 0. The highest BCUT2D eigenvalue weighted by Gasteiger charge is 2.14. The van der Waals surface area contributed by atoms with Crippen LogP contribution in [0, 0.1) is 0 Å². The Bertz CT molecular complexity index is 1140. The second kappa shape index (κ2) is 7.20. The van der Waals surface area contributed by atoms with Gasteiger partial charge in [0.25, 0.3) is 11.5 Å². The number of benzene rings is 1. The first kappa shape index (κ1) is 16.6. The maximum absolute atomic E-state index is 12.8. The van der Waals surface area contributed by atoms with E-state index in [0.717, 1.165) is 5.69 Å². The van der Waals surface area contributed by atoms with Gasteiger partial charge in [-0.05, 0) is 18.2 Å². The summed E-state index contributed by atoms with van der Waals surface area (Å²) in [6, 6.07) is 14.1. The molecule has 4 rings (SSSR count). The van der Waals surface area contributed by atoms with Crippen molar-refractivity contribution in [2.75, 3.05) is 0 Å². The Morgan fingerprint density at radius 1 is 1.04 bits per heavy atom. The predicted octanol–water partition coefficient (Wildman–Crippen LogP) is 1.76. The highest BCUT2D eigenvalue weighted by Crippen LogP contribution is 2.14. The lowest BCUT2D eigenvalue weighted by Crippen LogP contribution is -2.29. The van der Waals surface area contributed by atoms with Crippen LogP contribution in [0.25, 0.3) is 10.8 Å². The fourth-order valence-corrected chi connectivity index (χ4v) is 2.77. The summed E-state index contributed by atoms with van der Waals surface area (Å²) in [5.74, 6) is -0.290. The van der Waals surface area contributed by atoms with Gasteiger partial charge in [0, 0.05) is 17.6 Å². The van der Waals surface area contributed by atoms with Crippen molar-refractivity contribution in [2.45, 2.75) is 13.1 Å². The van der Waals surface area contributed by atoms with Gasteiger partial charge in [-0.25, -0.2) is 4.68 Å². The van der Waals surface area contributed by atoms with E-state index < -0.39 is 5.91 Å². The molecular formula is C19H15N5O3. The first-order valence-electron chi connectivity index (χ1n) is 8.30. The molecule has 0 saturated heterocycles. The van der Waals surface area contributed by atoms with Crippen LogP contribution in [0.5, 0.6) is 0 Å². The lowest BCUT2D eigenvalue weighted by molar-refractivity contribution is 0.0913. The standard InChI is InChI=1S/C19H15N5O3/c25-18(17-8-10-22-27-17)21-11-16-14-6-1-2-7-15(14)19(26)24(23-16)12-13-5-3-4-9-20-13/h1-10H,11-12H2,(H,21,25). The smallest absolute Gasteiger partial charge is 0.290 e. The molecule has 8 heteroatoms. The zero-order valence-electron chi connectivity index (χ0n) is 14.2. The van der Waals surface area contributed by atoms with E-state index in [1.54, 1.807) is 18.3 Å². The molecule has 0 fully saturated rings. The average Bonchev–Trinajstić information content (AvgIpc) is 3.25. The molecule has 0 aliphatic carbocycles. The molecule has 8 nitrogen and oxygen atoms in total. The molecule has 0 aliphatic heterocycles. The molecule has 0 atom stereocenters. The molecule has 1 N–H and O–H groups in total. The summed E-state index contributed by atoms with van der Waals surface area (Å²) in [5, 5.41) is 11.9. The number of fused-ring (bicyclic) bond motifs is 1. The first-order chi connectivity index (χ1) is 13.2. The third-order valence-electron chi connectivity index (χ3n) is 4.06. The summed E-state index contributed by atoms with van der Waals surface area (Å²) in [5.41, 5.74) is 1.09. The lowest BCUT2D eigenvalue weighted by Gasteiger charge is -2.11. The Hall–Kier alpha value is -3.81. The van der Waals surface area contributed by atoms with E-state index in [9.17, 15) is 9.59 Å². The molecule has 3 heterocycles. The maximum atomic E-state index is 12.8. The van der Waals surface area contributed by atoms with E-state index in [1.807, 2.05) is 30.3 Å². The van der Waals surface area contributed by atoms with Gasteiger partial charge in [-0.3, -0.25) is 14.6 Å². The van der Waals surface area contributed by atoms with Crippen LogP contribution in [0.4, 0.5) is 0 Å². The summed E-state index contributed by atoms with van der Waals surface area (Å²) in [6.07, 6.45) is 3.07. The molecule has 4 aromatic rings. The Balaban J connectivity index is 1.69. The second-order valence-corrected chi connectivity index (χ2v) is 5.84. The fraction of sp³-hybridized carbons (Fsp3) is 0.105. The molecule has 0 spiro atoms. The number of nitrogens with zero attached hydrogens (tertiary/aromatic N) is 4. The molecule has 0 unspecified atom stereocenters. The van der Waals surface area contributed by atoms with E-state index in [4.69, 9.17) is 4.52 Å². The predicted molar refractivity (Wildman–Crippen MR) is 97.0 cm³/mol. The van der Waals surface area contributed by atoms with E-state index in [0.29, 0.717) is 16.5 Å². The highest BCUT2D eigenvalue weighted by atomic mass is 16.5. The minimum atomic E-state index is -0.402. The van der Waals surface area contributed by atoms with Crippen LogP contribution < -0.4 is 10.9 Å². The number of carbonyl (C=O) groups is 1. The van der Waals surface area contributed by atoms with Crippen molar-refractivity contribution in [3.8, 4) is 0 Å². The SMILES string of the molecule is O=C(NCc1nn(Cc2ccccn2)c(=O)c2ccccc12)c1ccno1. The first-order valence-corrected chi connectivity index (χ1v) is 8.30. The molecule has 27 heavy (non-hydrogen) atoms. The van der Waals surface area contributed by atoms with E-state index in [2.05, 4.69) is 20.6 Å². The zero-order chi connectivity index (χ0) is 18.6. The van der Waals surface area contributed by atoms with Crippen LogP contribution in [0.15, 0.2) is 70.2 Å². The minimum absolute atomic E-state index is 0.112. The van der Waals surface area contributed by atoms with Gasteiger partial charge in [-0.15, -0.1) is 0 Å². The van der Waals surface area contributed by atoms with Crippen LogP contribution in [0.1, 0.15) is 21.9 Å². The summed E-state index contributed by atoms with van der Waals surface area (Å²) in [4.78, 5) is 29.1. The van der Waals surface area contributed by atoms with E-state index >= 15 is 0 Å². The van der Waals surface area contributed by atoms with Gasteiger partial charge in [-0.2, -0.15) is 5.10 Å². The van der Waals surface area contributed by atoms with Gasteiger partial charge in [0.15, 0.2) is 0 Å². The van der Waals surface area contributed by atoms with Crippen LogP contribution in [0.2, 0.25) is 0 Å². The Morgan fingerprint density at radius 3 is 2.59 bits per heavy atom. The molecule has 3 aromatic heterocycles. The quantitative estimate of drug-likeness (QED) is 0.581. The molecule has 0 radical (unpaired) electrons. The number of carbonyl (C=O) groups excluding carboxylic acids is 1. The Labute approximate surface area is 153 Å². The molecule has 0 saturated carbocycles. The molecule has 1 amide bonds. The van der Waals surface area contributed by atoms with Crippen molar-refractivity contribution >= 4 is 16.7 Å². The van der Waals surface area contributed by atoms with Crippen molar-refractivity contribution in [1.29, 1.82) is 0 Å². The van der Waals surface area contributed by atoms with Crippen LogP contribution >= 0.6 is 0 Å². The number of amides is 1. The topological polar surface area (TPSA) is 103 Å². The van der Waals surface area contributed by atoms with Crippen molar-refractivity contribution < 1.29 is 9.32 Å². The molecule has 134 valence electrons. The number of pyridine rings is 1. The van der Waals surface area contributed by atoms with Crippen molar-refractivity contribution in [1.82, 2.24) is 25.2 Å². The van der Waals surface area contributed by atoms with Crippen LogP contribution in [0.3, 0.4) is 0 Å². The van der Waals surface area contributed by atoms with Gasteiger partial charge in [0.1, 0.15) is 0 Å². The summed E-state index contributed by atoms with van der Waals surface area (Å²) < 4.78 is 6.21. The lowest BCUT2D eigenvalue weighted by atomic mass is 10.1. The monoisotopic (exact) mass is 361 g/mol. The van der Waals surface area contributed by atoms with Crippen molar-refractivity contribution in [3.63, 3.8) is 0 Å². The van der Waals surface area contributed by atoms with E-state index in [1.165, 1.54) is 16.9 Å².